The van der Waals surface area contributed by atoms with Crippen molar-refractivity contribution in [1.82, 2.24) is 20.4 Å². The van der Waals surface area contributed by atoms with E-state index in [9.17, 15) is 9.59 Å². The first-order chi connectivity index (χ1) is 15.0. The maximum Gasteiger partial charge on any atom is 0.253 e. The fourth-order valence-electron chi connectivity index (χ4n) is 3.64. The third-order valence-electron chi connectivity index (χ3n) is 5.45. The molecule has 1 saturated heterocycles. The highest BCUT2D eigenvalue weighted by atomic mass is 79.9. The molecule has 0 bridgehead atoms. The highest BCUT2D eigenvalue weighted by molar-refractivity contribution is 9.10. The Balaban J connectivity index is 1.28. The number of carbonyl (C=O) groups excluding carboxylic acids is 2. The Bertz CT molecular complexity index is 1060. The van der Waals surface area contributed by atoms with Crippen molar-refractivity contribution in [2.45, 2.75) is 26.3 Å². The van der Waals surface area contributed by atoms with Crippen LogP contribution in [0.4, 0.5) is 0 Å². The van der Waals surface area contributed by atoms with Gasteiger partial charge in [0.15, 0.2) is 0 Å². The number of halogens is 1. The molecule has 1 aliphatic rings. The number of aryl methyl sites for hydroxylation is 1. The first-order valence-electron chi connectivity index (χ1n) is 10.2. The van der Waals surface area contributed by atoms with Crippen LogP contribution in [0.1, 0.15) is 34.7 Å². The van der Waals surface area contributed by atoms with Crippen molar-refractivity contribution in [3.63, 3.8) is 0 Å². The van der Waals surface area contributed by atoms with E-state index in [-0.39, 0.29) is 17.7 Å². The summed E-state index contributed by atoms with van der Waals surface area (Å²) < 4.78 is 6.01. The number of amides is 2. The Morgan fingerprint density at radius 3 is 2.39 bits per heavy atom. The number of aromatic nitrogens is 2. The molecule has 2 amide bonds. The molecule has 0 unspecified atom stereocenters. The third-order valence-corrected chi connectivity index (χ3v) is 5.98. The second-order valence-corrected chi connectivity index (χ2v) is 8.54. The second-order valence-electron chi connectivity index (χ2n) is 7.63. The Morgan fingerprint density at radius 1 is 1.10 bits per heavy atom. The third kappa shape index (κ3) is 5.19. The van der Waals surface area contributed by atoms with E-state index in [0.29, 0.717) is 49.8 Å². The SMILES string of the molecule is Cc1nc(-c2ccc(C(=O)N3CCC(C(=O)NCc4ccc(Br)cc4)CC3)cc2)no1. The number of hydrogen-bond donors (Lipinski definition) is 1. The minimum Gasteiger partial charge on any atom is -0.352 e. The summed E-state index contributed by atoms with van der Waals surface area (Å²) in [7, 11) is 0. The van der Waals surface area contributed by atoms with Crippen LogP contribution >= 0.6 is 15.9 Å². The van der Waals surface area contributed by atoms with Crippen LogP contribution in [-0.4, -0.2) is 39.9 Å². The molecule has 1 aromatic heterocycles. The summed E-state index contributed by atoms with van der Waals surface area (Å²) in [6, 6.07) is 15.1. The summed E-state index contributed by atoms with van der Waals surface area (Å²) in [4.78, 5) is 31.4. The minimum absolute atomic E-state index is 0.0236. The monoisotopic (exact) mass is 482 g/mol. The molecular weight excluding hydrogens is 460 g/mol. The zero-order valence-electron chi connectivity index (χ0n) is 17.2. The molecule has 31 heavy (non-hydrogen) atoms. The van der Waals surface area contributed by atoms with Gasteiger partial charge >= 0.3 is 0 Å². The standard InChI is InChI=1S/C23H23BrN4O3/c1-15-26-21(27-31-15)17-4-6-19(7-5-17)23(30)28-12-10-18(11-13-28)22(29)25-14-16-2-8-20(24)9-3-16/h2-9,18H,10-14H2,1H3,(H,25,29). The predicted molar refractivity (Wildman–Crippen MR) is 119 cm³/mol. The van der Waals surface area contributed by atoms with E-state index in [0.717, 1.165) is 15.6 Å². The topological polar surface area (TPSA) is 88.3 Å². The number of hydrogen-bond acceptors (Lipinski definition) is 5. The smallest absolute Gasteiger partial charge is 0.253 e. The number of benzene rings is 2. The van der Waals surface area contributed by atoms with Crippen LogP contribution in [0, 0.1) is 12.8 Å². The number of rotatable bonds is 5. The van der Waals surface area contributed by atoms with Crippen LogP contribution < -0.4 is 5.32 Å². The number of piperidine rings is 1. The van der Waals surface area contributed by atoms with Gasteiger partial charge < -0.3 is 14.7 Å². The van der Waals surface area contributed by atoms with Crippen molar-refractivity contribution in [3.8, 4) is 11.4 Å². The maximum absolute atomic E-state index is 12.8. The fraction of sp³-hybridized carbons (Fsp3) is 0.304. The van der Waals surface area contributed by atoms with Crippen LogP contribution in [0.3, 0.4) is 0 Å². The molecule has 0 aliphatic carbocycles. The van der Waals surface area contributed by atoms with Crippen LogP contribution in [0.5, 0.6) is 0 Å². The first-order valence-corrected chi connectivity index (χ1v) is 11.0. The van der Waals surface area contributed by atoms with Crippen LogP contribution in [-0.2, 0) is 11.3 Å². The lowest BCUT2D eigenvalue weighted by atomic mass is 9.95. The number of likely N-dealkylation sites (tertiary alicyclic amines) is 1. The molecule has 4 rings (SSSR count). The van der Waals surface area contributed by atoms with Gasteiger partial charge in [0.05, 0.1) is 0 Å². The van der Waals surface area contributed by atoms with Crippen molar-refractivity contribution in [2.75, 3.05) is 13.1 Å². The van der Waals surface area contributed by atoms with Crippen molar-refractivity contribution in [2.24, 2.45) is 5.92 Å². The highest BCUT2D eigenvalue weighted by Crippen LogP contribution is 2.21. The molecule has 160 valence electrons. The van der Waals surface area contributed by atoms with E-state index in [2.05, 4.69) is 31.4 Å². The largest absolute Gasteiger partial charge is 0.352 e. The van der Waals surface area contributed by atoms with E-state index in [1.807, 2.05) is 41.3 Å². The lowest BCUT2D eigenvalue weighted by Gasteiger charge is -2.31. The summed E-state index contributed by atoms with van der Waals surface area (Å²) in [5.74, 6) is 0.966. The molecule has 1 fully saturated rings. The van der Waals surface area contributed by atoms with Gasteiger partial charge in [-0.3, -0.25) is 9.59 Å². The molecule has 1 aliphatic heterocycles. The van der Waals surface area contributed by atoms with Gasteiger partial charge in [-0.1, -0.05) is 45.4 Å². The quantitative estimate of drug-likeness (QED) is 0.593. The van der Waals surface area contributed by atoms with Crippen LogP contribution in [0.25, 0.3) is 11.4 Å². The summed E-state index contributed by atoms with van der Waals surface area (Å²) in [5.41, 5.74) is 2.47. The van der Waals surface area contributed by atoms with Crippen LogP contribution in [0.15, 0.2) is 57.5 Å². The molecule has 3 aromatic rings. The second kappa shape index (κ2) is 9.43. The molecule has 2 heterocycles. The molecule has 2 aromatic carbocycles. The highest BCUT2D eigenvalue weighted by Gasteiger charge is 2.27. The number of nitrogens with one attached hydrogen (secondary N) is 1. The summed E-state index contributed by atoms with van der Waals surface area (Å²) >= 11 is 3.41. The Kier molecular flexibility index (Phi) is 6.46. The van der Waals surface area contributed by atoms with Crippen molar-refractivity contribution >= 4 is 27.7 Å². The zero-order chi connectivity index (χ0) is 21.8. The predicted octanol–water partition coefficient (Wildman–Crippen LogP) is 3.98. The molecule has 7 nitrogen and oxygen atoms in total. The number of carbonyl (C=O) groups is 2. The van der Waals surface area contributed by atoms with E-state index in [4.69, 9.17) is 4.52 Å². The van der Waals surface area contributed by atoms with E-state index in [1.165, 1.54) is 0 Å². The molecule has 1 N–H and O–H groups in total. The fourth-order valence-corrected chi connectivity index (χ4v) is 3.91. The summed E-state index contributed by atoms with van der Waals surface area (Å²) in [6.45, 7) is 3.39. The molecular formula is C23H23BrN4O3. The number of nitrogens with zero attached hydrogens (tertiary/aromatic N) is 3. The van der Waals surface area contributed by atoms with Gasteiger partial charge in [0.2, 0.25) is 17.6 Å². The van der Waals surface area contributed by atoms with Crippen molar-refractivity contribution < 1.29 is 14.1 Å². The van der Waals surface area contributed by atoms with Gasteiger partial charge in [0.25, 0.3) is 5.91 Å². The Morgan fingerprint density at radius 2 is 1.77 bits per heavy atom. The summed E-state index contributed by atoms with van der Waals surface area (Å²) in [6.07, 6.45) is 1.33. The lowest BCUT2D eigenvalue weighted by molar-refractivity contribution is -0.126. The molecule has 0 spiro atoms. The Labute approximate surface area is 189 Å². The minimum atomic E-state index is -0.0663. The molecule has 0 atom stereocenters. The van der Waals surface area contributed by atoms with Crippen molar-refractivity contribution in [1.29, 1.82) is 0 Å². The van der Waals surface area contributed by atoms with Gasteiger partial charge in [0, 0.05) is 48.1 Å². The first kappa shape index (κ1) is 21.2. The molecule has 0 saturated carbocycles. The summed E-state index contributed by atoms with van der Waals surface area (Å²) in [5, 5.41) is 6.90. The normalized spacial score (nSPS) is 14.5. The van der Waals surface area contributed by atoms with Crippen LogP contribution in [0.2, 0.25) is 0 Å². The zero-order valence-corrected chi connectivity index (χ0v) is 18.8. The van der Waals surface area contributed by atoms with E-state index in [1.54, 1.807) is 19.1 Å². The van der Waals surface area contributed by atoms with Gasteiger partial charge in [-0.2, -0.15) is 4.98 Å². The van der Waals surface area contributed by atoms with Gasteiger partial charge in [-0.05, 0) is 42.7 Å². The van der Waals surface area contributed by atoms with Crippen molar-refractivity contribution in [3.05, 3.63) is 70.0 Å². The molecule has 0 radical (unpaired) electrons. The molecule has 8 heteroatoms. The Hall–Kier alpha value is -3.00. The van der Waals surface area contributed by atoms with E-state index < -0.39 is 0 Å². The van der Waals surface area contributed by atoms with Gasteiger partial charge in [-0.25, -0.2) is 0 Å². The van der Waals surface area contributed by atoms with Gasteiger partial charge in [0.1, 0.15) is 0 Å². The lowest BCUT2D eigenvalue weighted by Crippen LogP contribution is -2.42. The van der Waals surface area contributed by atoms with Gasteiger partial charge in [-0.15, -0.1) is 0 Å². The van der Waals surface area contributed by atoms with E-state index >= 15 is 0 Å². The average Bonchev–Trinajstić information content (AvgIpc) is 3.24. The maximum atomic E-state index is 12.8. The average molecular weight is 483 g/mol.